The van der Waals surface area contributed by atoms with Crippen molar-refractivity contribution < 1.29 is 53.4 Å². The molecular formula is C43H77ClN18O11. The quantitative estimate of drug-likeness (QED) is 0.0132. The minimum Gasteiger partial charge on any atom is -0.477 e. The van der Waals surface area contributed by atoms with Crippen LogP contribution < -0.4 is 77.4 Å². The van der Waals surface area contributed by atoms with Gasteiger partial charge in [0.25, 0.3) is 0 Å². The van der Waals surface area contributed by atoms with Crippen molar-refractivity contribution in [3.05, 3.63) is 30.0 Å². The highest BCUT2D eigenvalue weighted by Gasteiger charge is 2.40. The minimum atomic E-state index is -1.56. The number of rotatable bonds is 34. The second-order valence-corrected chi connectivity index (χ2v) is 17.1. The molecule has 8 atom stereocenters. The lowest BCUT2D eigenvalue weighted by atomic mass is 10.1. The van der Waals surface area contributed by atoms with Crippen LogP contribution in [-0.2, 0) is 49.6 Å². The summed E-state index contributed by atoms with van der Waals surface area (Å²) in [5.74, 6) is -8.00. The maximum atomic E-state index is 14.1. The number of hydrogen-bond donors (Lipinski definition) is 17. The summed E-state index contributed by atoms with van der Waals surface area (Å²) in [7, 11) is 0. The molecule has 24 N–H and O–H groups in total. The predicted molar refractivity (Wildman–Crippen MR) is 269 cm³/mol. The smallest absolute Gasteiger partial charge is 0.352 e. The summed E-state index contributed by atoms with van der Waals surface area (Å²) in [5.41, 5.74) is 39.0. The summed E-state index contributed by atoms with van der Waals surface area (Å²) in [6.45, 7) is 1.19. The van der Waals surface area contributed by atoms with Crippen LogP contribution in [0.3, 0.4) is 0 Å². The van der Waals surface area contributed by atoms with Gasteiger partial charge in [0.05, 0.1) is 25.0 Å². The molecule has 29 nitrogen and oxygen atoms in total. The van der Waals surface area contributed by atoms with Crippen LogP contribution in [0.4, 0.5) is 0 Å². The molecule has 0 radical (unpaired) electrons. The lowest BCUT2D eigenvalue weighted by molar-refractivity contribution is -0.142. The van der Waals surface area contributed by atoms with Crippen LogP contribution >= 0.6 is 12.4 Å². The van der Waals surface area contributed by atoms with Gasteiger partial charge in [0, 0.05) is 37.9 Å². The number of guanidine groups is 1. The first-order chi connectivity index (χ1) is 34.3. The first kappa shape index (κ1) is 64.5. The maximum Gasteiger partial charge on any atom is 0.352 e. The van der Waals surface area contributed by atoms with E-state index in [0.717, 1.165) is 0 Å². The zero-order valence-corrected chi connectivity index (χ0v) is 42.0. The molecular weight excluding hydrogens is 980 g/mol. The molecule has 0 aliphatic carbocycles. The summed E-state index contributed by atoms with van der Waals surface area (Å²) >= 11 is 0. The number of halogens is 1. The standard InChI is InChI=1S/C43H76N18O11.ClH/c1-24(55-40(69)34(32(62)20-47)60-36(65)26(48)9-2-4-14-44)35(64)53-22-33(63)56-28(11-6-16-46)41(70)61-18-8-13-31(61)39(68)59-30(19-25-21-51-23-54-25)38(67)57-27(10-3-5-15-45)37(66)58-29(42(71)72)12-7-17-52-43(49)50;/h12,21,23-24,26-28,30-32,34,62H,2-11,13-20,22,44-48H2,1H3,(H,51,54)(H,53,64)(H,55,69)(H,56,63)(H,57,67)(H,58,66)(H,59,68)(H,60,65)(H,71,72)(H4,49,50,52);1H/b29-12-;/t24-,26-,27-,28+,30-,31-,32-,34-;/m0./s1. The number of imidazole rings is 1. The summed E-state index contributed by atoms with van der Waals surface area (Å²) < 4.78 is 0. The summed E-state index contributed by atoms with van der Waals surface area (Å²) in [6, 6.07) is -8.80. The van der Waals surface area contributed by atoms with E-state index in [-0.39, 0.29) is 89.5 Å². The van der Waals surface area contributed by atoms with E-state index < -0.39 is 120 Å². The average Bonchev–Trinajstić information content (AvgIpc) is 4.06. The average molecular weight is 1060 g/mol. The number of nitrogens with zero attached hydrogens (tertiary/aromatic N) is 3. The van der Waals surface area contributed by atoms with Gasteiger partial charge < -0.3 is 97.5 Å². The van der Waals surface area contributed by atoms with Crippen molar-refractivity contribution in [2.24, 2.45) is 45.1 Å². The van der Waals surface area contributed by atoms with Crippen LogP contribution in [0.2, 0.25) is 0 Å². The van der Waals surface area contributed by atoms with Crippen molar-refractivity contribution in [3.63, 3.8) is 0 Å². The topological polar surface area (TPSA) is 505 Å². The van der Waals surface area contributed by atoms with Crippen molar-refractivity contribution in [3.8, 4) is 0 Å². The van der Waals surface area contributed by atoms with Crippen molar-refractivity contribution in [2.75, 3.05) is 45.8 Å². The molecule has 0 unspecified atom stereocenters. The maximum absolute atomic E-state index is 14.1. The van der Waals surface area contributed by atoms with Crippen molar-refractivity contribution in [1.82, 2.24) is 52.1 Å². The zero-order chi connectivity index (χ0) is 53.8. The molecule has 30 heteroatoms. The third-order valence-corrected chi connectivity index (χ3v) is 11.3. The molecule has 1 saturated heterocycles. The molecule has 1 aliphatic rings. The fourth-order valence-corrected chi connectivity index (χ4v) is 7.33. The fourth-order valence-electron chi connectivity index (χ4n) is 7.33. The number of aliphatic hydroxyl groups excluding tert-OH is 1. The largest absolute Gasteiger partial charge is 0.477 e. The number of hydrogen-bond acceptors (Lipinski definition) is 17. The second-order valence-electron chi connectivity index (χ2n) is 17.1. The highest BCUT2D eigenvalue weighted by atomic mass is 35.5. The van der Waals surface area contributed by atoms with Gasteiger partial charge in [-0.1, -0.05) is 12.5 Å². The Hall–Kier alpha value is -6.50. The number of amides is 8. The van der Waals surface area contributed by atoms with Crippen molar-refractivity contribution in [1.29, 1.82) is 0 Å². The lowest BCUT2D eigenvalue weighted by Crippen LogP contribution is -2.60. The van der Waals surface area contributed by atoms with Crippen LogP contribution in [-0.4, -0.2) is 178 Å². The van der Waals surface area contributed by atoms with E-state index >= 15 is 0 Å². The number of carboxylic acids is 1. The molecule has 1 aromatic heterocycles. The normalized spacial score (nSPS) is 16.1. The number of aliphatic imine (C=N–C) groups is 1. The number of aromatic nitrogens is 2. The monoisotopic (exact) mass is 1060 g/mol. The van der Waals surface area contributed by atoms with E-state index in [2.05, 4.69) is 52.2 Å². The van der Waals surface area contributed by atoms with E-state index in [4.69, 9.17) is 40.1 Å². The van der Waals surface area contributed by atoms with Gasteiger partial charge in [-0.25, -0.2) is 9.78 Å². The molecule has 1 aromatic rings. The first-order valence-electron chi connectivity index (χ1n) is 23.9. The van der Waals surface area contributed by atoms with Crippen LogP contribution in [0.1, 0.15) is 83.2 Å². The van der Waals surface area contributed by atoms with Gasteiger partial charge in [-0.2, -0.15) is 0 Å². The number of nitrogens with one attached hydrogen (secondary N) is 8. The minimum absolute atomic E-state index is 0. The Labute approximate surface area is 429 Å². The van der Waals surface area contributed by atoms with E-state index in [9.17, 15) is 53.4 Å². The van der Waals surface area contributed by atoms with Gasteiger partial charge in [-0.15, -0.1) is 12.4 Å². The molecule has 2 rings (SSSR count). The van der Waals surface area contributed by atoms with Crippen molar-refractivity contribution in [2.45, 2.75) is 132 Å². The van der Waals surface area contributed by atoms with Crippen molar-refractivity contribution >= 4 is 71.6 Å². The van der Waals surface area contributed by atoms with E-state index in [1.165, 1.54) is 30.4 Å². The second kappa shape index (κ2) is 34.8. The lowest BCUT2D eigenvalue weighted by Gasteiger charge is -2.30. The summed E-state index contributed by atoms with van der Waals surface area (Å²) in [6.07, 6.45) is 5.60. The number of unbranched alkanes of at least 4 members (excludes halogenated alkanes) is 2. The number of likely N-dealkylation sites (tertiary alicyclic amines) is 1. The molecule has 1 fully saturated rings. The Morgan fingerprint density at radius 3 is 2.08 bits per heavy atom. The van der Waals surface area contributed by atoms with E-state index in [1.54, 1.807) is 0 Å². The summed E-state index contributed by atoms with van der Waals surface area (Å²) in [5, 5.41) is 37.5. The van der Waals surface area contributed by atoms with Gasteiger partial charge in [0.15, 0.2) is 5.96 Å². The van der Waals surface area contributed by atoms with Crippen LogP contribution in [0.5, 0.6) is 0 Å². The number of H-pyrrole nitrogens is 1. The number of carbonyl (C=O) groups is 9. The van der Waals surface area contributed by atoms with Gasteiger partial charge in [0.1, 0.15) is 41.9 Å². The molecule has 0 spiro atoms. The summed E-state index contributed by atoms with van der Waals surface area (Å²) in [4.78, 5) is 132. The van der Waals surface area contributed by atoms with Gasteiger partial charge >= 0.3 is 5.97 Å². The van der Waals surface area contributed by atoms with Crippen LogP contribution in [0.25, 0.3) is 0 Å². The SMILES string of the molecule is C[C@H](NC(=O)[C@@H](NC(=O)[C@@H](N)CCCCN)[C@@H](O)CN)C(=O)NCC(=O)N[C@H](CCCN)C(=O)N1CCC[C@H]1C(=O)N[C@@H](Cc1cnc[nH]1)C(=O)N[C@@H](CCCCN)C(=O)N/C(=C\CCN=C(N)N)C(=O)O.Cl. The Bertz CT molecular complexity index is 2010. The molecule has 0 saturated carbocycles. The number of aliphatic hydroxyl groups is 1. The highest BCUT2D eigenvalue weighted by Crippen LogP contribution is 2.20. The van der Waals surface area contributed by atoms with Gasteiger partial charge in [-0.3, -0.25) is 43.3 Å². The number of aliphatic carboxylic acids is 1. The Balaban J connectivity index is 0.0000266. The van der Waals surface area contributed by atoms with E-state index in [1.807, 2.05) is 0 Å². The molecule has 73 heavy (non-hydrogen) atoms. The highest BCUT2D eigenvalue weighted by molar-refractivity contribution is 5.99. The third kappa shape index (κ3) is 23.3. The first-order valence-corrected chi connectivity index (χ1v) is 23.9. The fraction of sp³-hybridized carbons (Fsp3) is 0.651. The molecule has 0 aromatic carbocycles. The number of carbonyl (C=O) groups excluding carboxylic acids is 8. The van der Waals surface area contributed by atoms with Crippen LogP contribution in [0.15, 0.2) is 29.3 Å². The molecule has 0 bridgehead atoms. The number of carboxylic acid groups (broad SMARTS) is 1. The van der Waals surface area contributed by atoms with E-state index in [0.29, 0.717) is 44.3 Å². The molecule has 2 heterocycles. The Morgan fingerprint density at radius 1 is 0.822 bits per heavy atom. The third-order valence-electron chi connectivity index (χ3n) is 11.3. The van der Waals surface area contributed by atoms with Gasteiger partial charge in [-0.05, 0) is 90.8 Å². The Morgan fingerprint density at radius 2 is 1.48 bits per heavy atom. The molecule has 8 amide bonds. The Kier molecular flexibility index (Phi) is 30.7. The number of nitrogens with two attached hydrogens (primary N) is 7. The molecule has 412 valence electrons. The number of aromatic amines is 1. The molecule has 1 aliphatic heterocycles. The van der Waals surface area contributed by atoms with Crippen LogP contribution in [0, 0.1) is 0 Å². The zero-order valence-electron chi connectivity index (χ0n) is 41.1. The van der Waals surface area contributed by atoms with Gasteiger partial charge in [0.2, 0.25) is 47.3 Å². The predicted octanol–water partition coefficient (Wildman–Crippen LogP) is -6.68.